The highest BCUT2D eigenvalue weighted by Gasteiger charge is 2.08. The van der Waals surface area contributed by atoms with Crippen molar-refractivity contribution in [2.24, 2.45) is 5.10 Å². The third-order valence-electron chi connectivity index (χ3n) is 4.42. The molecule has 0 aliphatic rings. The second-order valence-corrected chi connectivity index (χ2v) is 7.01. The van der Waals surface area contributed by atoms with Crippen molar-refractivity contribution in [3.05, 3.63) is 89.2 Å². The molecule has 0 saturated heterocycles. The van der Waals surface area contributed by atoms with Gasteiger partial charge in [-0.15, -0.1) is 0 Å². The monoisotopic (exact) mass is 449 g/mol. The Kier molecular flexibility index (Phi) is 8.13. The fourth-order valence-corrected chi connectivity index (χ4v) is 2.87. The Morgan fingerprint density at radius 1 is 0.970 bits per heavy atom. The first-order chi connectivity index (χ1) is 15.9. The molecule has 0 saturated carbocycles. The van der Waals surface area contributed by atoms with Gasteiger partial charge >= 0.3 is 0 Å². The van der Waals surface area contributed by atoms with Crippen LogP contribution in [0.2, 0.25) is 0 Å². The van der Waals surface area contributed by atoms with Crippen LogP contribution in [0.15, 0.2) is 71.8 Å². The minimum atomic E-state index is -0.384. The van der Waals surface area contributed by atoms with Gasteiger partial charge in [0.05, 0.1) is 12.8 Å². The number of hydrogen-bond donors (Lipinski definition) is 2. The summed E-state index contributed by atoms with van der Waals surface area (Å²) in [5, 5.41) is 6.63. The van der Waals surface area contributed by atoms with Crippen molar-refractivity contribution in [2.45, 2.75) is 20.5 Å². The average Bonchev–Trinajstić information content (AvgIpc) is 2.80. The Bertz CT molecular complexity index is 1130. The number of carbonyl (C=O) groups excluding carboxylic acids is 2. The van der Waals surface area contributed by atoms with Gasteiger partial charge in [-0.1, -0.05) is 12.1 Å². The first-order valence-electron chi connectivity index (χ1n) is 10.3. The van der Waals surface area contributed by atoms with E-state index in [0.717, 1.165) is 5.56 Å². The van der Waals surface area contributed by atoms with E-state index < -0.39 is 0 Å². The quantitative estimate of drug-likeness (QED) is 0.371. The summed E-state index contributed by atoms with van der Waals surface area (Å²) in [4.78, 5) is 23.3. The number of benzene rings is 3. The van der Waals surface area contributed by atoms with Crippen molar-refractivity contribution < 1.29 is 23.5 Å². The van der Waals surface area contributed by atoms with E-state index in [0.29, 0.717) is 34.9 Å². The van der Waals surface area contributed by atoms with Crippen LogP contribution >= 0.6 is 0 Å². The van der Waals surface area contributed by atoms with Crippen LogP contribution in [-0.2, 0) is 11.4 Å². The van der Waals surface area contributed by atoms with E-state index in [1.165, 1.54) is 25.3 Å². The van der Waals surface area contributed by atoms with E-state index in [1.807, 2.05) is 6.92 Å². The number of nitrogens with zero attached hydrogens (tertiary/aromatic N) is 1. The number of hydrogen-bond acceptors (Lipinski definition) is 5. The molecule has 0 bridgehead atoms. The first kappa shape index (κ1) is 23.5. The fraction of sp³-hybridized carbons (Fsp3) is 0.160. The summed E-state index contributed by atoms with van der Waals surface area (Å²) in [5.74, 6) is 0.205. The maximum atomic E-state index is 13.1. The van der Waals surface area contributed by atoms with Crippen LogP contribution in [0, 0.1) is 5.82 Å². The topological polar surface area (TPSA) is 89.0 Å². The Labute approximate surface area is 191 Å². The third kappa shape index (κ3) is 7.17. The summed E-state index contributed by atoms with van der Waals surface area (Å²) in [6, 6.07) is 17.8. The molecule has 3 aromatic carbocycles. The lowest BCUT2D eigenvalue weighted by molar-refractivity contribution is -0.114. The maximum Gasteiger partial charge on any atom is 0.271 e. The molecule has 0 spiro atoms. The number of carbonyl (C=O) groups is 2. The van der Waals surface area contributed by atoms with Crippen LogP contribution in [0.3, 0.4) is 0 Å². The van der Waals surface area contributed by atoms with Gasteiger partial charge in [0, 0.05) is 18.2 Å². The fourth-order valence-electron chi connectivity index (χ4n) is 2.87. The Morgan fingerprint density at radius 3 is 2.36 bits per heavy atom. The molecule has 2 amide bonds. The van der Waals surface area contributed by atoms with Crippen LogP contribution in [-0.4, -0.2) is 24.6 Å². The summed E-state index contributed by atoms with van der Waals surface area (Å²) in [5.41, 5.74) is 5.01. The molecule has 0 fully saturated rings. The van der Waals surface area contributed by atoms with Gasteiger partial charge in [-0.3, -0.25) is 9.59 Å². The highest BCUT2D eigenvalue weighted by Crippen LogP contribution is 2.29. The highest BCUT2D eigenvalue weighted by molar-refractivity contribution is 5.96. The number of anilines is 1. The molecule has 0 aliphatic carbocycles. The minimum absolute atomic E-state index is 0.185. The molecule has 33 heavy (non-hydrogen) atoms. The zero-order valence-electron chi connectivity index (χ0n) is 18.3. The summed E-state index contributed by atoms with van der Waals surface area (Å²) in [6.07, 6.45) is 1.50. The molecule has 3 rings (SSSR count). The molecule has 3 aromatic rings. The van der Waals surface area contributed by atoms with Crippen LogP contribution < -0.4 is 20.2 Å². The Balaban J connectivity index is 1.61. The van der Waals surface area contributed by atoms with Crippen LogP contribution in [0.25, 0.3) is 0 Å². The summed E-state index contributed by atoms with van der Waals surface area (Å²) in [6.45, 7) is 3.99. The summed E-state index contributed by atoms with van der Waals surface area (Å²) in [7, 11) is 0. The van der Waals surface area contributed by atoms with E-state index in [9.17, 15) is 14.0 Å². The van der Waals surface area contributed by atoms with Crippen molar-refractivity contribution in [2.75, 3.05) is 11.9 Å². The first-order valence-corrected chi connectivity index (χ1v) is 10.3. The van der Waals surface area contributed by atoms with Crippen molar-refractivity contribution in [3.63, 3.8) is 0 Å². The van der Waals surface area contributed by atoms with Crippen LogP contribution in [0.1, 0.15) is 35.3 Å². The molecule has 0 atom stereocenters. The largest absolute Gasteiger partial charge is 0.490 e. The number of nitrogens with one attached hydrogen (secondary N) is 2. The molecule has 170 valence electrons. The van der Waals surface area contributed by atoms with Crippen LogP contribution in [0.4, 0.5) is 10.1 Å². The zero-order valence-corrected chi connectivity index (χ0v) is 18.3. The molecule has 2 N–H and O–H groups in total. The zero-order chi connectivity index (χ0) is 23.6. The lowest BCUT2D eigenvalue weighted by Crippen LogP contribution is -2.17. The van der Waals surface area contributed by atoms with Gasteiger partial charge in [0.15, 0.2) is 11.5 Å². The van der Waals surface area contributed by atoms with E-state index in [2.05, 4.69) is 15.8 Å². The second-order valence-electron chi connectivity index (χ2n) is 7.01. The maximum absolute atomic E-state index is 13.1. The molecule has 0 aliphatic heterocycles. The molecule has 0 aromatic heterocycles. The number of amides is 2. The molecule has 0 heterocycles. The Morgan fingerprint density at radius 2 is 1.70 bits per heavy atom. The number of hydrazone groups is 1. The lowest BCUT2D eigenvalue weighted by atomic mass is 10.2. The van der Waals surface area contributed by atoms with Crippen molar-refractivity contribution in [3.8, 4) is 11.5 Å². The average molecular weight is 449 g/mol. The lowest BCUT2D eigenvalue weighted by Gasteiger charge is -2.12. The smallest absolute Gasteiger partial charge is 0.271 e. The molecular formula is C25H24FN3O4. The van der Waals surface area contributed by atoms with Crippen LogP contribution in [0.5, 0.6) is 11.5 Å². The van der Waals surface area contributed by atoms with Crippen molar-refractivity contribution in [1.82, 2.24) is 5.43 Å². The second kappa shape index (κ2) is 11.4. The van der Waals surface area contributed by atoms with E-state index in [4.69, 9.17) is 9.47 Å². The normalized spacial score (nSPS) is 10.6. The van der Waals surface area contributed by atoms with Crippen molar-refractivity contribution in [1.29, 1.82) is 0 Å². The highest BCUT2D eigenvalue weighted by atomic mass is 19.1. The number of ether oxygens (including phenoxy) is 2. The number of rotatable bonds is 9. The molecule has 0 unspecified atom stereocenters. The summed E-state index contributed by atoms with van der Waals surface area (Å²) >= 11 is 0. The minimum Gasteiger partial charge on any atom is -0.490 e. The van der Waals surface area contributed by atoms with Gasteiger partial charge in [0.25, 0.3) is 5.91 Å². The molecule has 0 radical (unpaired) electrons. The van der Waals surface area contributed by atoms with E-state index in [1.54, 1.807) is 54.6 Å². The molecular weight excluding hydrogens is 425 g/mol. The third-order valence-corrected chi connectivity index (χ3v) is 4.42. The van der Waals surface area contributed by atoms with Gasteiger partial charge in [0.2, 0.25) is 5.91 Å². The van der Waals surface area contributed by atoms with Crippen molar-refractivity contribution >= 4 is 23.7 Å². The van der Waals surface area contributed by atoms with Gasteiger partial charge in [0.1, 0.15) is 12.4 Å². The Hall–Kier alpha value is -4.20. The predicted molar refractivity (Wildman–Crippen MR) is 124 cm³/mol. The van der Waals surface area contributed by atoms with E-state index in [-0.39, 0.29) is 24.2 Å². The predicted octanol–water partition coefficient (Wildman–Crippen LogP) is 4.53. The SMILES string of the molecule is CCOc1cc(/C=N\NC(=O)c2ccc(NC(C)=O)cc2)ccc1OCc1ccc(F)cc1. The standard InChI is InChI=1S/C25H24FN3O4/c1-3-32-24-14-19(6-13-23(24)33-16-18-4-9-21(26)10-5-18)15-27-29-25(31)20-7-11-22(12-8-20)28-17(2)30/h4-15H,3,16H2,1-2H3,(H,28,30)(H,29,31)/b27-15-. The van der Waals surface area contributed by atoms with Gasteiger partial charge in [-0.25, -0.2) is 9.82 Å². The van der Waals surface area contributed by atoms with Gasteiger partial charge in [-0.05, 0) is 72.6 Å². The number of halogens is 1. The molecule has 8 heteroatoms. The molecule has 7 nitrogen and oxygen atoms in total. The van der Waals surface area contributed by atoms with E-state index >= 15 is 0 Å². The van der Waals surface area contributed by atoms with Gasteiger partial charge < -0.3 is 14.8 Å². The summed E-state index contributed by atoms with van der Waals surface area (Å²) < 4.78 is 24.5. The van der Waals surface area contributed by atoms with Gasteiger partial charge in [-0.2, -0.15) is 5.10 Å².